The van der Waals surface area contributed by atoms with Gasteiger partial charge in [0.15, 0.2) is 0 Å². The fraction of sp³-hybridized carbons (Fsp3) is 0.167. The van der Waals surface area contributed by atoms with Crippen molar-refractivity contribution in [2.24, 2.45) is 4.99 Å². The number of amides is 1. The Hall–Kier alpha value is -3.87. The molecule has 1 heterocycles. The maximum atomic E-state index is 13.4. The van der Waals surface area contributed by atoms with Gasteiger partial charge in [0, 0.05) is 28.2 Å². The van der Waals surface area contributed by atoms with Gasteiger partial charge in [-0.25, -0.2) is 4.99 Å². The zero-order valence-corrected chi connectivity index (χ0v) is 22.5. The normalized spacial score (nSPS) is 15.9. The Kier molecular flexibility index (Phi) is 7.11. The summed E-state index contributed by atoms with van der Waals surface area (Å²) < 4.78 is 11.0. The highest BCUT2D eigenvalue weighted by Gasteiger charge is 2.34. The Balaban J connectivity index is 1.50. The number of benzene rings is 4. The number of hydrogen-bond acceptors (Lipinski definition) is 5. The predicted molar refractivity (Wildman–Crippen MR) is 151 cm³/mol. The molecule has 0 N–H and O–H groups in total. The van der Waals surface area contributed by atoms with Crippen molar-refractivity contribution in [3.05, 3.63) is 106 Å². The second kappa shape index (κ2) is 10.5. The number of methoxy groups -OCH3 is 1. The lowest BCUT2D eigenvalue weighted by Crippen LogP contribution is -2.38. The molecule has 0 saturated carbocycles. The minimum atomic E-state index is -1.41. The highest BCUT2D eigenvalue weighted by Crippen LogP contribution is 2.33. The van der Waals surface area contributed by atoms with Gasteiger partial charge >= 0.3 is 5.97 Å². The summed E-state index contributed by atoms with van der Waals surface area (Å²) in [5, 5.41) is 2.86. The number of carbonyl (C=O) groups excluding carboxylic acids is 2. The molecule has 4 aromatic rings. The standard InChI is InChI=1S/C30H24Cl2N2O4/c1-17(18-8-9-20-15-22(37-3)12-10-19(20)14-18)30(36)38-28-29(35)34(2)26-13-11-21(31)16-24(26)27(33-28)23-6-4-5-7-25(23)32/h4-17,28H,1-3H3. The Morgan fingerprint density at radius 2 is 1.68 bits per heavy atom. The molecule has 2 unspecified atom stereocenters. The molecule has 0 radical (unpaired) electrons. The van der Waals surface area contributed by atoms with Crippen LogP contribution in [0.2, 0.25) is 10.0 Å². The molecule has 0 spiro atoms. The molecule has 8 heteroatoms. The van der Waals surface area contributed by atoms with Gasteiger partial charge in [-0.3, -0.25) is 9.59 Å². The van der Waals surface area contributed by atoms with Crippen molar-refractivity contribution < 1.29 is 19.1 Å². The zero-order valence-electron chi connectivity index (χ0n) is 20.9. The van der Waals surface area contributed by atoms with Crippen molar-refractivity contribution >= 4 is 57.2 Å². The van der Waals surface area contributed by atoms with Crippen molar-refractivity contribution in [2.75, 3.05) is 19.1 Å². The van der Waals surface area contributed by atoms with Gasteiger partial charge in [0.05, 0.1) is 24.4 Å². The minimum absolute atomic E-state index is 0.413. The Labute approximate surface area is 230 Å². The third-order valence-electron chi connectivity index (χ3n) is 6.65. The van der Waals surface area contributed by atoms with Gasteiger partial charge in [0.1, 0.15) is 5.75 Å². The summed E-state index contributed by atoms with van der Waals surface area (Å²) in [5.41, 5.74) is 2.95. The molecular formula is C30H24Cl2N2O4. The summed E-state index contributed by atoms with van der Waals surface area (Å²) in [6.45, 7) is 1.74. The lowest BCUT2D eigenvalue weighted by Gasteiger charge is -2.21. The van der Waals surface area contributed by atoms with Crippen molar-refractivity contribution in [1.29, 1.82) is 0 Å². The molecule has 1 aliphatic heterocycles. The Morgan fingerprint density at radius 1 is 0.947 bits per heavy atom. The lowest BCUT2D eigenvalue weighted by molar-refractivity contribution is -0.155. The van der Waals surface area contributed by atoms with Crippen LogP contribution in [-0.4, -0.2) is 38.0 Å². The van der Waals surface area contributed by atoms with Crippen LogP contribution in [0.4, 0.5) is 5.69 Å². The number of nitrogens with zero attached hydrogens (tertiary/aromatic N) is 2. The van der Waals surface area contributed by atoms with Gasteiger partial charge in [-0.15, -0.1) is 0 Å². The number of benzodiazepines with no additional fused rings is 1. The topological polar surface area (TPSA) is 68.2 Å². The van der Waals surface area contributed by atoms with E-state index in [0.717, 1.165) is 22.1 Å². The fourth-order valence-corrected chi connectivity index (χ4v) is 4.85. The van der Waals surface area contributed by atoms with Crippen molar-refractivity contribution in [2.45, 2.75) is 19.1 Å². The van der Waals surface area contributed by atoms with Crippen LogP contribution in [0.1, 0.15) is 29.5 Å². The lowest BCUT2D eigenvalue weighted by atomic mass is 9.98. The van der Waals surface area contributed by atoms with Gasteiger partial charge in [0.2, 0.25) is 0 Å². The van der Waals surface area contributed by atoms with Crippen LogP contribution >= 0.6 is 23.2 Å². The fourth-order valence-electron chi connectivity index (χ4n) is 4.45. The van der Waals surface area contributed by atoms with E-state index in [4.69, 9.17) is 32.7 Å². The Bertz CT molecular complexity index is 1600. The van der Waals surface area contributed by atoms with E-state index in [9.17, 15) is 9.59 Å². The average molecular weight is 547 g/mol. The molecule has 6 nitrogen and oxygen atoms in total. The van der Waals surface area contributed by atoms with Crippen LogP contribution in [0.5, 0.6) is 5.75 Å². The molecule has 0 aromatic heterocycles. The first-order valence-electron chi connectivity index (χ1n) is 11.9. The molecule has 0 saturated heterocycles. The monoisotopic (exact) mass is 546 g/mol. The van der Waals surface area contributed by atoms with Gasteiger partial charge in [-0.2, -0.15) is 0 Å². The molecule has 38 heavy (non-hydrogen) atoms. The third-order valence-corrected chi connectivity index (χ3v) is 7.21. The summed E-state index contributed by atoms with van der Waals surface area (Å²) >= 11 is 12.8. The van der Waals surface area contributed by atoms with Crippen LogP contribution in [0.25, 0.3) is 10.8 Å². The number of hydrogen-bond donors (Lipinski definition) is 0. The average Bonchev–Trinajstić information content (AvgIpc) is 3.02. The van der Waals surface area contributed by atoms with Crippen LogP contribution in [0.15, 0.2) is 83.9 Å². The highest BCUT2D eigenvalue weighted by atomic mass is 35.5. The van der Waals surface area contributed by atoms with Crippen molar-refractivity contribution in [3.8, 4) is 5.75 Å². The van der Waals surface area contributed by atoms with E-state index in [1.54, 1.807) is 57.5 Å². The van der Waals surface area contributed by atoms with Gasteiger partial charge in [-0.1, -0.05) is 65.7 Å². The highest BCUT2D eigenvalue weighted by molar-refractivity contribution is 6.37. The second-order valence-corrected chi connectivity index (χ2v) is 9.84. The largest absolute Gasteiger partial charge is 0.497 e. The molecule has 0 fully saturated rings. The molecule has 1 amide bonds. The van der Waals surface area contributed by atoms with E-state index in [-0.39, 0.29) is 0 Å². The minimum Gasteiger partial charge on any atom is -0.497 e. The number of likely N-dealkylation sites (N-methyl/N-ethyl adjacent to an activating group) is 1. The molecule has 5 rings (SSSR count). The van der Waals surface area contributed by atoms with Crippen molar-refractivity contribution in [1.82, 2.24) is 0 Å². The predicted octanol–water partition coefficient (Wildman–Crippen LogP) is 6.64. The first-order valence-corrected chi connectivity index (χ1v) is 12.7. The van der Waals surface area contributed by atoms with Crippen molar-refractivity contribution in [3.63, 3.8) is 0 Å². The molecule has 0 aliphatic carbocycles. The number of anilines is 1. The number of esters is 1. The van der Waals surface area contributed by atoms with Crippen LogP contribution in [0, 0.1) is 0 Å². The second-order valence-electron chi connectivity index (χ2n) is 9.00. The van der Waals surface area contributed by atoms with Gasteiger partial charge < -0.3 is 14.4 Å². The first kappa shape index (κ1) is 25.8. The number of ether oxygens (including phenoxy) is 2. The molecule has 1 aliphatic rings. The summed E-state index contributed by atoms with van der Waals surface area (Å²) in [7, 11) is 3.23. The third kappa shape index (κ3) is 4.85. The Morgan fingerprint density at radius 3 is 2.45 bits per heavy atom. The van der Waals surface area contributed by atoms with Crippen LogP contribution in [-0.2, 0) is 14.3 Å². The van der Waals surface area contributed by atoms with Crippen LogP contribution < -0.4 is 9.64 Å². The summed E-state index contributed by atoms with van der Waals surface area (Å²) in [4.78, 5) is 32.8. The van der Waals surface area contributed by atoms with E-state index >= 15 is 0 Å². The molecular weight excluding hydrogens is 523 g/mol. The van der Waals surface area contributed by atoms with E-state index in [1.807, 2.05) is 42.5 Å². The van der Waals surface area contributed by atoms with E-state index < -0.39 is 24.0 Å². The number of aliphatic imine (C=N–C) groups is 1. The maximum absolute atomic E-state index is 13.4. The summed E-state index contributed by atoms with van der Waals surface area (Å²) in [5.74, 6) is -0.945. The number of fused-ring (bicyclic) bond motifs is 2. The molecule has 0 bridgehead atoms. The van der Waals surface area contributed by atoms with Gasteiger partial charge in [-0.05, 0) is 59.7 Å². The van der Waals surface area contributed by atoms with E-state index in [1.165, 1.54) is 4.90 Å². The number of halogens is 2. The first-order chi connectivity index (χ1) is 18.3. The molecule has 4 aromatic carbocycles. The molecule has 192 valence electrons. The number of rotatable bonds is 5. The van der Waals surface area contributed by atoms with Gasteiger partial charge in [0.25, 0.3) is 12.1 Å². The summed E-state index contributed by atoms with van der Waals surface area (Å²) in [6, 6.07) is 23.8. The molecule has 2 atom stereocenters. The SMILES string of the molecule is COc1ccc2cc(C(C)C(=O)OC3N=C(c4ccccc4Cl)c4cc(Cl)ccc4N(C)C3=O)ccc2c1. The van der Waals surface area contributed by atoms with Crippen LogP contribution in [0.3, 0.4) is 0 Å². The quantitative estimate of drug-likeness (QED) is 0.263. The zero-order chi connectivity index (χ0) is 27.0. The van der Waals surface area contributed by atoms with E-state index in [0.29, 0.717) is 32.6 Å². The van der Waals surface area contributed by atoms with E-state index in [2.05, 4.69) is 4.99 Å². The smallest absolute Gasteiger partial charge is 0.315 e. The summed E-state index contributed by atoms with van der Waals surface area (Å²) in [6.07, 6.45) is -1.41. The maximum Gasteiger partial charge on any atom is 0.315 e. The number of carbonyl (C=O) groups is 2.